The van der Waals surface area contributed by atoms with Gasteiger partial charge in [-0.15, -0.1) is 0 Å². The van der Waals surface area contributed by atoms with Crippen molar-refractivity contribution in [3.05, 3.63) is 63.9 Å². The van der Waals surface area contributed by atoms with Crippen LogP contribution in [0, 0.1) is 5.82 Å². The summed E-state index contributed by atoms with van der Waals surface area (Å²) in [4.78, 5) is 2.12. The van der Waals surface area contributed by atoms with Gasteiger partial charge in [-0.2, -0.15) is 0 Å². The van der Waals surface area contributed by atoms with E-state index in [1.165, 1.54) is 11.6 Å². The first-order chi connectivity index (χ1) is 9.54. The maximum atomic E-state index is 13.7. The molecule has 0 aliphatic heterocycles. The first kappa shape index (κ1) is 15.0. The highest BCUT2D eigenvalue weighted by molar-refractivity contribution is 9.10. The van der Waals surface area contributed by atoms with Gasteiger partial charge < -0.3 is 10.2 Å². The van der Waals surface area contributed by atoms with E-state index in [1.54, 1.807) is 12.1 Å². The van der Waals surface area contributed by atoms with E-state index >= 15 is 0 Å². The fourth-order valence-electron chi connectivity index (χ4n) is 2.02. The summed E-state index contributed by atoms with van der Waals surface area (Å²) in [5.74, 6) is -0.190. The van der Waals surface area contributed by atoms with Crippen LogP contribution in [0.4, 0.5) is 10.1 Å². The van der Waals surface area contributed by atoms with Gasteiger partial charge in [0.25, 0.3) is 0 Å². The highest BCUT2D eigenvalue weighted by Gasteiger charge is 2.03. The van der Waals surface area contributed by atoms with Gasteiger partial charge in [-0.25, -0.2) is 4.39 Å². The van der Waals surface area contributed by atoms with Gasteiger partial charge in [0.15, 0.2) is 0 Å². The molecule has 2 aromatic carbocycles. The summed E-state index contributed by atoms with van der Waals surface area (Å²) in [6.45, 7) is 1.36. The monoisotopic (exact) mass is 336 g/mol. The molecule has 0 aliphatic rings. The molecule has 0 fully saturated rings. The number of hydrogen-bond acceptors (Lipinski definition) is 2. The second-order valence-electron chi connectivity index (χ2n) is 5.03. The van der Waals surface area contributed by atoms with E-state index in [0.717, 1.165) is 16.7 Å². The standard InChI is InChI=1S/C16H18BrFN2/c1-20(2)11-12-4-3-5-15(8-12)19-10-13-9-14(17)6-7-16(13)18/h3-9,19H,10-11H2,1-2H3. The van der Waals surface area contributed by atoms with Crippen LogP contribution in [0.25, 0.3) is 0 Å². The molecule has 0 heterocycles. The number of nitrogens with one attached hydrogen (secondary N) is 1. The van der Waals surface area contributed by atoms with Crippen molar-refractivity contribution in [1.29, 1.82) is 0 Å². The molecule has 0 unspecified atom stereocenters. The first-order valence-electron chi connectivity index (χ1n) is 6.46. The summed E-state index contributed by atoms with van der Waals surface area (Å²) in [7, 11) is 4.08. The molecule has 2 nitrogen and oxygen atoms in total. The third kappa shape index (κ3) is 4.32. The zero-order valence-electron chi connectivity index (χ0n) is 11.7. The van der Waals surface area contributed by atoms with Crippen molar-refractivity contribution in [3.8, 4) is 0 Å². The van der Waals surface area contributed by atoms with Gasteiger partial charge in [-0.05, 0) is 50.0 Å². The van der Waals surface area contributed by atoms with Crippen molar-refractivity contribution in [2.45, 2.75) is 13.1 Å². The Bertz CT molecular complexity index is 584. The largest absolute Gasteiger partial charge is 0.381 e. The molecule has 1 N–H and O–H groups in total. The van der Waals surface area contributed by atoms with Gasteiger partial charge in [0.2, 0.25) is 0 Å². The lowest BCUT2D eigenvalue weighted by atomic mass is 10.1. The third-order valence-corrected chi connectivity index (χ3v) is 3.41. The van der Waals surface area contributed by atoms with Crippen LogP contribution < -0.4 is 5.32 Å². The van der Waals surface area contributed by atoms with Gasteiger partial charge in [-0.3, -0.25) is 0 Å². The van der Waals surface area contributed by atoms with Gasteiger partial charge in [0, 0.05) is 28.8 Å². The molecule has 0 radical (unpaired) electrons. The predicted octanol–water partition coefficient (Wildman–Crippen LogP) is 4.26. The Morgan fingerprint density at radius 2 is 1.95 bits per heavy atom. The molecule has 0 aliphatic carbocycles. The lowest BCUT2D eigenvalue weighted by Gasteiger charge is -2.12. The molecule has 2 rings (SSSR count). The average molecular weight is 337 g/mol. The number of nitrogens with zero attached hydrogens (tertiary/aromatic N) is 1. The number of rotatable bonds is 5. The number of halogens is 2. The third-order valence-electron chi connectivity index (χ3n) is 2.92. The highest BCUT2D eigenvalue weighted by atomic mass is 79.9. The molecule has 0 aromatic heterocycles. The molecule has 0 atom stereocenters. The van der Waals surface area contributed by atoms with Crippen molar-refractivity contribution >= 4 is 21.6 Å². The Balaban J connectivity index is 2.05. The predicted molar refractivity (Wildman–Crippen MR) is 85.3 cm³/mol. The summed E-state index contributed by atoms with van der Waals surface area (Å²) < 4.78 is 14.5. The second kappa shape index (κ2) is 6.86. The molecule has 106 valence electrons. The van der Waals surface area contributed by atoms with Crippen molar-refractivity contribution < 1.29 is 4.39 Å². The quantitative estimate of drug-likeness (QED) is 0.877. The van der Waals surface area contributed by atoms with Gasteiger partial charge in [0.05, 0.1) is 0 Å². The summed E-state index contributed by atoms with van der Waals surface area (Å²) >= 11 is 3.36. The van der Waals surface area contributed by atoms with E-state index in [1.807, 2.05) is 26.2 Å². The summed E-state index contributed by atoms with van der Waals surface area (Å²) in [5.41, 5.74) is 2.89. The molecule has 2 aromatic rings. The molecule has 0 bridgehead atoms. The zero-order valence-corrected chi connectivity index (χ0v) is 13.2. The summed E-state index contributed by atoms with van der Waals surface area (Å²) in [5, 5.41) is 3.26. The van der Waals surface area contributed by atoms with E-state index in [4.69, 9.17) is 0 Å². The summed E-state index contributed by atoms with van der Waals surface area (Å²) in [6, 6.07) is 13.2. The van der Waals surface area contributed by atoms with E-state index in [2.05, 4.69) is 38.3 Å². The van der Waals surface area contributed by atoms with Crippen LogP contribution >= 0.6 is 15.9 Å². The zero-order chi connectivity index (χ0) is 14.5. The SMILES string of the molecule is CN(C)Cc1cccc(NCc2cc(Br)ccc2F)c1. The first-order valence-corrected chi connectivity index (χ1v) is 7.25. The van der Waals surface area contributed by atoms with E-state index < -0.39 is 0 Å². The van der Waals surface area contributed by atoms with Gasteiger partial charge in [-0.1, -0.05) is 28.1 Å². The Hall–Kier alpha value is -1.39. The highest BCUT2D eigenvalue weighted by Crippen LogP contribution is 2.18. The molecule has 0 saturated heterocycles. The Labute approximate surface area is 127 Å². The average Bonchev–Trinajstić information content (AvgIpc) is 2.39. The molecule has 0 saturated carbocycles. The van der Waals surface area contributed by atoms with Crippen molar-refractivity contribution in [2.24, 2.45) is 0 Å². The van der Waals surface area contributed by atoms with Crippen molar-refractivity contribution in [3.63, 3.8) is 0 Å². The summed E-state index contributed by atoms with van der Waals surface area (Å²) in [6.07, 6.45) is 0. The van der Waals surface area contributed by atoms with E-state index in [-0.39, 0.29) is 5.82 Å². The minimum absolute atomic E-state index is 0.190. The smallest absolute Gasteiger partial charge is 0.128 e. The molecule has 0 amide bonds. The number of hydrogen-bond donors (Lipinski definition) is 1. The molecule has 20 heavy (non-hydrogen) atoms. The van der Waals surface area contributed by atoms with Crippen LogP contribution in [0.2, 0.25) is 0 Å². The normalized spacial score (nSPS) is 10.8. The number of anilines is 1. The minimum atomic E-state index is -0.190. The second-order valence-corrected chi connectivity index (χ2v) is 5.94. The molecule has 4 heteroatoms. The molecular weight excluding hydrogens is 319 g/mol. The van der Waals surface area contributed by atoms with E-state index in [0.29, 0.717) is 12.1 Å². The Kier molecular flexibility index (Phi) is 5.15. The van der Waals surface area contributed by atoms with Crippen molar-refractivity contribution in [2.75, 3.05) is 19.4 Å². The van der Waals surface area contributed by atoms with Crippen LogP contribution in [0.3, 0.4) is 0 Å². The Morgan fingerprint density at radius 1 is 1.15 bits per heavy atom. The maximum Gasteiger partial charge on any atom is 0.128 e. The maximum absolute atomic E-state index is 13.7. The van der Waals surface area contributed by atoms with Gasteiger partial charge >= 0.3 is 0 Å². The van der Waals surface area contributed by atoms with Gasteiger partial charge in [0.1, 0.15) is 5.82 Å². The van der Waals surface area contributed by atoms with E-state index in [9.17, 15) is 4.39 Å². The van der Waals surface area contributed by atoms with Crippen LogP contribution in [0.5, 0.6) is 0 Å². The fraction of sp³-hybridized carbons (Fsp3) is 0.250. The molecular formula is C16H18BrFN2. The fourth-order valence-corrected chi connectivity index (χ4v) is 2.43. The topological polar surface area (TPSA) is 15.3 Å². The van der Waals surface area contributed by atoms with Crippen LogP contribution in [-0.2, 0) is 13.1 Å². The van der Waals surface area contributed by atoms with Crippen LogP contribution in [0.1, 0.15) is 11.1 Å². The lowest BCUT2D eigenvalue weighted by Crippen LogP contribution is -2.11. The van der Waals surface area contributed by atoms with Crippen LogP contribution in [-0.4, -0.2) is 19.0 Å². The van der Waals surface area contributed by atoms with Crippen LogP contribution in [0.15, 0.2) is 46.9 Å². The number of benzene rings is 2. The lowest BCUT2D eigenvalue weighted by molar-refractivity contribution is 0.402. The Morgan fingerprint density at radius 3 is 2.70 bits per heavy atom. The molecule has 0 spiro atoms. The van der Waals surface area contributed by atoms with Crippen molar-refractivity contribution in [1.82, 2.24) is 4.90 Å². The minimum Gasteiger partial charge on any atom is -0.381 e.